The second kappa shape index (κ2) is 10.2. The SMILES string of the molecule is COc1cc(Nc2nc3ccccc3nc2N2CC=CC=C2NCCN(C)C)cc(OC)c1. The van der Waals surface area contributed by atoms with E-state index in [1.54, 1.807) is 14.2 Å². The fourth-order valence-corrected chi connectivity index (χ4v) is 3.56. The van der Waals surface area contributed by atoms with Gasteiger partial charge in [0.25, 0.3) is 0 Å². The first-order chi connectivity index (χ1) is 16.1. The molecular formula is C25H30N6O2. The lowest BCUT2D eigenvalue weighted by molar-refractivity contribution is 0.395. The maximum Gasteiger partial charge on any atom is 0.178 e. The van der Waals surface area contributed by atoms with Crippen LogP contribution in [0.25, 0.3) is 11.0 Å². The second-order valence-electron chi connectivity index (χ2n) is 7.93. The molecule has 2 heterocycles. The summed E-state index contributed by atoms with van der Waals surface area (Å²) < 4.78 is 10.9. The van der Waals surface area contributed by atoms with Gasteiger partial charge in [0.15, 0.2) is 11.6 Å². The summed E-state index contributed by atoms with van der Waals surface area (Å²) in [7, 11) is 7.40. The molecule has 3 aromatic rings. The molecule has 33 heavy (non-hydrogen) atoms. The van der Waals surface area contributed by atoms with Crippen LogP contribution in [0.3, 0.4) is 0 Å². The molecule has 0 unspecified atom stereocenters. The number of ether oxygens (including phenoxy) is 2. The van der Waals surface area contributed by atoms with Crippen LogP contribution in [-0.4, -0.2) is 62.8 Å². The highest BCUT2D eigenvalue weighted by Crippen LogP contribution is 2.33. The molecule has 0 spiro atoms. The molecule has 8 nitrogen and oxygen atoms in total. The van der Waals surface area contributed by atoms with E-state index >= 15 is 0 Å². The minimum absolute atomic E-state index is 0.652. The number of aromatic nitrogens is 2. The molecule has 0 atom stereocenters. The number of methoxy groups -OCH3 is 2. The van der Waals surface area contributed by atoms with Crippen molar-refractivity contribution >= 4 is 28.4 Å². The molecule has 1 aliphatic rings. The monoisotopic (exact) mass is 446 g/mol. The number of likely N-dealkylation sites (N-methyl/N-ethyl adjacent to an activating group) is 1. The molecule has 8 heteroatoms. The van der Waals surface area contributed by atoms with Crippen LogP contribution < -0.4 is 25.0 Å². The first kappa shape index (κ1) is 22.4. The van der Waals surface area contributed by atoms with Crippen molar-refractivity contribution in [1.29, 1.82) is 0 Å². The fourth-order valence-electron chi connectivity index (χ4n) is 3.56. The van der Waals surface area contributed by atoms with Crippen LogP contribution in [-0.2, 0) is 0 Å². The van der Waals surface area contributed by atoms with E-state index in [0.29, 0.717) is 23.9 Å². The second-order valence-corrected chi connectivity index (χ2v) is 7.93. The number of fused-ring (bicyclic) bond motifs is 1. The van der Waals surface area contributed by atoms with E-state index in [0.717, 1.165) is 41.4 Å². The fraction of sp³-hybridized carbons (Fsp3) is 0.280. The molecule has 0 radical (unpaired) electrons. The summed E-state index contributed by atoms with van der Waals surface area (Å²) in [6.45, 7) is 2.43. The number of nitrogens with zero attached hydrogens (tertiary/aromatic N) is 4. The lowest BCUT2D eigenvalue weighted by Gasteiger charge is -2.30. The van der Waals surface area contributed by atoms with Crippen molar-refractivity contribution in [2.24, 2.45) is 0 Å². The molecule has 1 aromatic heterocycles. The van der Waals surface area contributed by atoms with Gasteiger partial charge in [0.2, 0.25) is 0 Å². The van der Waals surface area contributed by atoms with Crippen molar-refractivity contribution in [3.63, 3.8) is 0 Å². The van der Waals surface area contributed by atoms with E-state index in [-0.39, 0.29) is 0 Å². The summed E-state index contributed by atoms with van der Waals surface area (Å²) in [5, 5.41) is 6.98. The van der Waals surface area contributed by atoms with Gasteiger partial charge in [0.05, 0.1) is 25.3 Å². The number of benzene rings is 2. The largest absolute Gasteiger partial charge is 0.497 e. The van der Waals surface area contributed by atoms with E-state index in [2.05, 4.69) is 52.8 Å². The summed E-state index contributed by atoms with van der Waals surface area (Å²) in [6.07, 6.45) is 6.23. The maximum absolute atomic E-state index is 5.43. The van der Waals surface area contributed by atoms with Gasteiger partial charge in [0, 0.05) is 43.5 Å². The number of hydrogen-bond acceptors (Lipinski definition) is 8. The van der Waals surface area contributed by atoms with Gasteiger partial charge in [-0.05, 0) is 32.3 Å². The van der Waals surface area contributed by atoms with Crippen LogP contribution >= 0.6 is 0 Å². The van der Waals surface area contributed by atoms with Crippen molar-refractivity contribution in [1.82, 2.24) is 20.2 Å². The third-order valence-electron chi connectivity index (χ3n) is 5.26. The third-order valence-corrected chi connectivity index (χ3v) is 5.26. The molecule has 0 aliphatic carbocycles. The quantitative estimate of drug-likeness (QED) is 0.515. The van der Waals surface area contributed by atoms with Gasteiger partial charge in [-0.2, -0.15) is 0 Å². The van der Waals surface area contributed by atoms with Crippen molar-refractivity contribution in [3.8, 4) is 11.5 Å². The van der Waals surface area contributed by atoms with Crippen molar-refractivity contribution in [2.45, 2.75) is 0 Å². The molecule has 4 rings (SSSR count). The Balaban J connectivity index is 1.74. The van der Waals surface area contributed by atoms with E-state index in [9.17, 15) is 0 Å². The first-order valence-electron chi connectivity index (χ1n) is 10.9. The van der Waals surface area contributed by atoms with Crippen LogP contribution in [0.5, 0.6) is 11.5 Å². The van der Waals surface area contributed by atoms with Crippen LogP contribution in [0.2, 0.25) is 0 Å². The Morgan fingerprint density at radius 3 is 2.36 bits per heavy atom. The number of para-hydroxylation sites is 2. The highest BCUT2D eigenvalue weighted by atomic mass is 16.5. The van der Waals surface area contributed by atoms with Crippen molar-refractivity contribution in [2.75, 3.05) is 58.2 Å². The highest BCUT2D eigenvalue weighted by Gasteiger charge is 2.21. The van der Waals surface area contributed by atoms with Gasteiger partial charge in [-0.1, -0.05) is 24.3 Å². The number of nitrogens with one attached hydrogen (secondary N) is 2. The van der Waals surface area contributed by atoms with Gasteiger partial charge >= 0.3 is 0 Å². The van der Waals surface area contributed by atoms with Crippen LogP contribution in [0.15, 0.2) is 66.5 Å². The molecule has 0 fully saturated rings. The van der Waals surface area contributed by atoms with Crippen molar-refractivity contribution < 1.29 is 9.47 Å². The summed E-state index contributed by atoms with van der Waals surface area (Å²) >= 11 is 0. The third kappa shape index (κ3) is 5.35. The molecule has 0 saturated heterocycles. The van der Waals surface area contributed by atoms with E-state index in [1.807, 2.05) is 42.5 Å². The highest BCUT2D eigenvalue weighted by molar-refractivity contribution is 5.83. The smallest absolute Gasteiger partial charge is 0.178 e. The predicted octanol–water partition coefficient (Wildman–Crippen LogP) is 3.76. The summed E-state index contributed by atoms with van der Waals surface area (Å²) in [5.41, 5.74) is 2.46. The zero-order chi connectivity index (χ0) is 23.2. The maximum atomic E-state index is 5.43. The molecule has 0 bridgehead atoms. The average molecular weight is 447 g/mol. The van der Waals surface area contributed by atoms with Gasteiger partial charge in [-0.3, -0.25) is 0 Å². The Labute approximate surface area is 194 Å². The van der Waals surface area contributed by atoms with Gasteiger partial charge < -0.3 is 29.9 Å². The molecule has 172 valence electrons. The lowest BCUT2D eigenvalue weighted by Crippen LogP contribution is -2.37. The van der Waals surface area contributed by atoms with E-state index in [1.165, 1.54) is 0 Å². The molecule has 0 amide bonds. The minimum Gasteiger partial charge on any atom is -0.497 e. The molecule has 2 N–H and O–H groups in total. The van der Waals surface area contributed by atoms with Crippen LogP contribution in [0, 0.1) is 0 Å². The first-order valence-corrected chi connectivity index (χ1v) is 10.9. The minimum atomic E-state index is 0.652. The summed E-state index contributed by atoms with van der Waals surface area (Å²) in [5.74, 6) is 3.76. The number of rotatable bonds is 9. The Bertz CT molecular complexity index is 1150. The van der Waals surface area contributed by atoms with Crippen LogP contribution in [0.1, 0.15) is 0 Å². The summed E-state index contributed by atoms with van der Waals surface area (Å²) in [6, 6.07) is 13.5. The van der Waals surface area contributed by atoms with Gasteiger partial charge in [0.1, 0.15) is 17.3 Å². The van der Waals surface area contributed by atoms with Gasteiger partial charge in [-0.15, -0.1) is 0 Å². The van der Waals surface area contributed by atoms with Crippen molar-refractivity contribution in [3.05, 3.63) is 66.5 Å². The average Bonchev–Trinajstić information content (AvgIpc) is 2.83. The zero-order valence-corrected chi connectivity index (χ0v) is 19.5. The van der Waals surface area contributed by atoms with Gasteiger partial charge in [-0.25, -0.2) is 9.97 Å². The molecule has 2 aromatic carbocycles. The Hall–Kier alpha value is -3.78. The predicted molar refractivity (Wildman–Crippen MR) is 133 cm³/mol. The Kier molecular flexibility index (Phi) is 6.95. The standard InChI is InChI=1S/C25H30N6O2/c1-30(2)14-12-26-23-11-7-8-13-31(23)25-24(28-21-9-5-6-10-22(21)29-25)27-18-15-19(32-3)17-20(16-18)33-4/h5-11,15-17,26H,12-14H2,1-4H3,(H,27,28). The lowest BCUT2D eigenvalue weighted by atomic mass is 10.2. The number of anilines is 3. The topological polar surface area (TPSA) is 74.8 Å². The molecule has 0 saturated carbocycles. The Morgan fingerprint density at radius 2 is 1.70 bits per heavy atom. The number of hydrogen-bond donors (Lipinski definition) is 2. The van der Waals surface area contributed by atoms with E-state index < -0.39 is 0 Å². The molecular weight excluding hydrogens is 416 g/mol. The summed E-state index contributed by atoms with van der Waals surface area (Å²) in [4.78, 5) is 14.2. The normalized spacial score (nSPS) is 13.2. The number of allylic oxidation sites excluding steroid dienone is 2. The molecule has 1 aliphatic heterocycles. The zero-order valence-electron chi connectivity index (χ0n) is 19.5. The van der Waals surface area contributed by atoms with E-state index in [4.69, 9.17) is 19.4 Å². The Morgan fingerprint density at radius 1 is 1.00 bits per heavy atom. The van der Waals surface area contributed by atoms with Crippen LogP contribution in [0.4, 0.5) is 17.3 Å².